The summed E-state index contributed by atoms with van der Waals surface area (Å²) < 4.78 is 18.6. The number of hydrogen-bond acceptors (Lipinski definition) is 4. The van der Waals surface area contributed by atoms with Gasteiger partial charge in [-0.15, -0.1) is 0 Å². The van der Waals surface area contributed by atoms with E-state index in [0.29, 0.717) is 11.5 Å². The van der Waals surface area contributed by atoms with Gasteiger partial charge in [0.05, 0.1) is 5.69 Å². The van der Waals surface area contributed by atoms with Crippen LogP contribution in [0.1, 0.15) is 5.69 Å². The monoisotopic (exact) mass is 261 g/mol. The first-order chi connectivity index (χ1) is 9.31. The summed E-state index contributed by atoms with van der Waals surface area (Å²) in [5.41, 5.74) is 1.56. The van der Waals surface area contributed by atoms with Crippen molar-refractivity contribution in [2.24, 2.45) is 0 Å². The summed E-state index contributed by atoms with van der Waals surface area (Å²) in [6.07, 6.45) is 1.66. The Morgan fingerprint density at radius 3 is 2.95 bits per heavy atom. The lowest BCUT2D eigenvalue weighted by atomic mass is 10.2. The van der Waals surface area contributed by atoms with E-state index in [2.05, 4.69) is 15.2 Å². The maximum absolute atomic E-state index is 13.1. The fraction of sp³-hybridized carbons (Fsp3) is 0.357. The SMILES string of the molecule is Fc1cccc(-c2nc(CN3CCNCC3)co2)c1. The van der Waals surface area contributed by atoms with Crippen molar-refractivity contribution in [3.05, 3.63) is 42.0 Å². The first kappa shape index (κ1) is 12.3. The molecule has 1 saturated heterocycles. The zero-order chi connectivity index (χ0) is 13.1. The van der Waals surface area contributed by atoms with Crippen LogP contribution in [0, 0.1) is 5.82 Å². The third kappa shape index (κ3) is 3.00. The van der Waals surface area contributed by atoms with E-state index in [0.717, 1.165) is 38.4 Å². The van der Waals surface area contributed by atoms with Gasteiger partial charge in [-0.1, -0.05) is 6.07 Å². The Balaban J connectivity index is 1.72. The Labute approximate surface area is 111 Å². The van der Waals surface area contributed by atoms with E-state index in [-0.39, 0.29) is 5.82 Å². The van der Waals surface area contributed by atoms with Crippen LogP contribution < -0.4 is 5.32 Å². The van der Waals surface area contributed by atoms with Crippen LogP contribution in [0.4, 0.5) is 4.39 Å². The average Bonchev–Trinajstić information content (AvgIpc) is 2.88. The summed E-state index contributed by atoms with van der Waals surface area (Å²) in [6, 6.07) is 6.29. The van der Waals surface area contributed by atoms with Gasteiger partial charge in [0.25, 0.3) is 0 Å². The van der Waals surface area contributed by atoms with Gasteiger partial charge in [0.2, 0.25) is 5.89 Å². The Morgan fingerprint density at radius 1 is 1.32 bits per heavy atom. The van der Waals surface area contributed by atoms with Gasteiger partial charge >= 0.3 is 0 Å². The van der Waals surface area contributed by atoms with Crippen LogP contribution in [0.2, 0.25) is 0 Å². The molecule has 0 atom stereocenters. The van der Waals surface area contributed by atoms with Crippen molar-refractivity contribution in [2.75, 3.05) is 26.2 Å². The van der Waals surface area contributed by atoms with E-state index in [9.17, 15) is 4.39 Å². The van der Waals surface area contributed by atoms with Crippen molar-refractivity contribution < 1.29 is 8.81 Å². The number of oxazole rings is 1. The predicted octanol–water partition coefficient (Wildman–Crippen LogP) is 1.89. The van der Waals surface area contributed by atoms with Gasteiger partial charge in [-0.05, 0) is 18.2 Å². The number of benzene rings is 1. The van der Waals surface area contributed by atoms with Crippen LogP contribution in [-0.4, -0.2) is 36.1 Å². The molecule has 0 bridgehead atoms. The van der Waals surface area contributed by atoms with Crippen molar-refractivity contribution in [3.8, 4) is 11.5 Å². The van der Waals surface area contributed by atoms with Gasteiger partial charge in [-0.25, -0.2) is 9.37 Å². The van der Waals surface area contributed by atoms with Crippen LogP contribution in [0.15, 0.2) is 34.9 Å². The summed E-state index contributed by atoms with van der Waals surface area (Å²) in [7, 11) is 0. The number of aromatic nitrogens is 1. The highest BCUT2D eigenvalue weighted by Gasteiger charge is 2.13. The summed E-state index contributed by atoms with van der Waals surface area (Å²) in [5.74, 6) is 0.198. The minimum absolute atomic E-state index is 0.278. The molecule has 1 fully saturated rings. The molecule has 19 heavy (non-hydrogen) atoms. The molecule has 1 aromatic heterocycles. The quantitative estimate of drug-likeness (QED) is 0.916. The number of nitrogens with one attached hydrogen (secondary N) is 1. The molecule has 4 nitrogen and oxygen atoms in total. The molecule has 1 aliphatic rings. The Morgan fingerprint density at radius 2 is 2.16 bits per heavy atom. The topological polar surface area (TPSA) is 41.3 Å². The fourth-order valence-corrected chi connectivity index (χ4v) is 2.23. The standard InChI is InChI=1S/C14H16FN3O/c15-12-3-1-2-11(8-12)14-17-13(10-19-14)9-18-6-4-16-5-7-18/h1-3,8,10,16H,4-7,9H2. The van der Waals surface area contributed by atoms with E-state index < -0.39 is 0 Å². The molecule has 0 aliphatic carbocycles. The summed E-state index contributed by atoms with van der Waals surface area (Å²) in [5, 5.41) is 3.31. The van der Waals surface area contributed by atoms with E-state index in [1.54, 1.807) is 18.4 Å². The molecular formula is C14H16FN3O. The molecule has 5 heteroatoms. The summed E-state index contributed by atoms with van der Waals surface area (Å²) in [6.45, 7) is 4.83. The van der Waals surface area contributed by atoms with Crippen LogP contribution >= 0.6 is 0 Å². The van der Waals surface area contributed by atoms with Crippen molar-refractivity contribution in [1.29, 1.82) is 0 Å². The van der Waals surface area contributed by atoms with Gasteiger partial charge in [0, 0.05) is 38.3 Å². The van der Waals surface area contributed by atoms with Crippen LogP contribution in [0.25, 0.3) is 11.5 Å². The predicted molar refractivity (Wildman–Crippen MR) is 70.0 cm³/mol. The summed E-state index contributed by atoms with van der Waals surface area (Å²) >= 11 is 0. The van der Waals surface area contributed by atoms with Crippen LogP contribution in [0.3, 0.4) is 0 Å². The van der Waals surface area contributed by atoms with Gasteiger partial charge in [-0.2, -0.15) is 0 Å². The molecule has 3 rings (SSSR count). The first-order valence-electron chi connectivity index (χ1n) is 6.45. The molecule has 100 valence electrons. The average molecular weight is 261 g/mol. The van der Waals surface area contributed by atoms with E-state index >= 15 is 0 Å². The zero-order valence-corrected chi connectivity index (χ0v) is 10.6. The van der Waals surface area contributed by atoms with Gasteiger partial charge in [0.15, 0.2) is 0 Å². The molecular weight excluding hydrogens is 245 g/mol. The van der Waals surface area contributed by atoms with Crippen molar-refractivity contribution in [1.82, 2.24) is 15.2 Å². The second kappa shape index (κ2) is 5.50. The molecule has 1 aromatic carbocycles. The Kier molecular flexibility index (Phi) is 3.57. The van der Waals surface area contributed by atoms with Crippen molar-refractivity contribution in [3.63, 3.8) is 0 Å². The first-order valence-corrected chi connectivity index (χ1v) is 6.45. The van der Waals surface area contributed by atoms with E-state index in [1.807, 2.05) is 0 Å². The highest BCUT2D eigenvalue weighted by Crippen LogP contribution is 2.20. The number of hydrogen-bond donors (Lipinski definition) is 1. The molecule has 0 spiro atoms. The molecule has 0 radical (unpaired) electrons. The Bertz CT molecular complexity index is 549. The molecule has 0 unspecified atom stereocenters. The minimum Gasteiger partial charge on any atom is -0.444 e. The van der Waals surface area contributed by atoms with Crippen LogP contribution in [0.5, 0.6) is 0 Å². The van der Waals surface area contributed by atoms with Crippen LogP contribution in [-0.2, 0) is 6.54 Å². The maximum Gasteiger partial charge on any atom is 0.226 e. The highest BCUT2D eigenvalue weighted by molar-refractivity contribution is 5.52. The van der Waals surface area contributed by atoms with Gasteiger partial charge < -0.3 is 9.73 Å². The van der Waals surface area contributed by atoms with Gasteiger partial charge in [-0.3, -0.25) is 4.90 Å². The zero-order valence-electron chi connectivity index (χ0n) is 10.6. The molecule has 1 aliphatic heterocycles. The van der Waals surface area contributed by atoms with E-state index in [4.69, 9.17) is 4.42 Å². The lowest BCUT2D eigenvalue weighted by Gasteiger charge is -2.25. The minimum atomic E-state index is -0.278. The third-order valence-corrected chi connectivity index (χ3v) is 3.22. The molecule has 0 saturated carbocycles. The normalized spacial score (nSPS) is 16.7. The number of halogens is 1. The lowest BCUT2D eigenvalue weighted by molar-refractivity contribution is 0.230. The fourth-order valence-electron chi connectivity index (χ4n) is 2.23. The summed E-state index contributed by atoms with van der Waals surface area (Å²) in [4.78, 5) is 6.74. The second-order valence-corrected chi connectivity index (χ2v) is 4.68. The molecule has 0 amide bonds. The van der Waals surface area contributed by atoms with Gasteiger partial charge in [0.1, 0.15) is 12.1 Å². The second-order valence-electron chi connectivity index (χ2n) is 4.68. The van der Waals surface area contributed by atoms with Crippen molar-refractivity contribution >= 4 is 0 Å². The number of piperazine rings is 1. The maximum atomic E-state index is 13.1. The number of rotatable bonds is 3. The molecule has 2 aromatic rings. The smallest absolute Gasteiger partial charge is 0.226 e. The molecule has 2 heterocycles. The number of nitrogens with zero attached hydrogens (tertiary/aromatic N) is 2. The van der Waals surface area contributed by atoms with E-state index in [1.165, 1.54) is 12.1 Å². The van der Waals surface area contributed by atoms with Crippen molar-refractivity contribution in [2.45, 2.75) is 6.54 Å². The molecule has 1 N–H and O–H groups in total. The highest BCUT2D eigenvalue weighted by atomic mass is 19.1. The lowest BCUT2D eigenvalue weighted by Crippen LogP contribution is -2.42. The third-order valence-electron chi connectivity index (χ3n) is 3.22. The largest absolute Gasteiger partial charge is 0.444 e. The Hall–Kier alpha value is -1.72.